The lowest BCUT2D eigenvalue weighted by molar-refractivity contribution is -0.126. The molecule has 3 heteroatoms. The van der Waals surface area contributed by atoms with Gasteiger partial charge in [0.2, 0.25) is 0 Å². The minimum Gasteiger partial charge on any atom is -0.298 e. The van der Waals surface area contributed by atoms with Gasteiger partial charge in [0.25, 0.3) is 0 Å². The molecule has 0 saturated carbocycles. The molecule has 0 aromatic heterocycles. The number of Topliss-reactive ketones (excluding diaryl/α,β-unsaturated/α-hetero) is 1. The van der Waals surface area contributed by atoms with Crippen LogP contribution in [0.1, 0.15) is 46.0 Å². The number of rotatable bonds is 5. The lowest BCUT2D eigenvalue weighted by Crippen LogP contribution is -2.58. The normalized spacial score (nSPS) is 41.5. The van der Waals surface area contributed by atoms with Crippen molar-refractivity contribution in [2.75, 3.05) is 26.2 Å². The van der Waals surface area contributed by atoms with Gasteiger partial charge in [0.15, 0.2) is 5.78 Å². The molecule has 0 spiro atoms. The summed E-state index contributed by atoms with van der Waals surface area (Å²) in [6, 6.07) is 0.770. The highest BCUT2D eigenvalue weighted by atomic mass is 16.1. The predicted molar refractivity (Wildman–Crippen MR) is 77.1 cm³/mol. The van der Waals surface area contributed by atoms with E-state index in [1.807, 2.05) is 0 Å². The van der Waals surface area contributed by atoms with Crippen molar-refractivity contribution in [1.29, 1.82) is 0 Å². The molecule has 2 bridgehead atoms. The molecule has 0 aromatic carbocycles. The fraction of sp³-hybridized carbons (Fsp3) is 0.938. The van der Waals surface area contributed by atoms with Gasteiger partial charge in [-0.15, -0.1) is 0 Å². The average molecular weight is 264 g/mol. The molecule has 0 aromatic rings. The van der Waals surface area contributed by atoms with Crippen molar-refractivity contribution >= 4 is 5.78 Å². The SMILES string of the molecule is CCCC(=O)C1C2C(CN1CCC)C1CCN2CC1. The van der Waals surface area contributed by atoms with Crippen LogP contribution >= 0.6 is 0 Å². The summed E-state index contributed by atoms with van der Waals surface area (Å²) in [5.41, 5.74) is 0. The average Bonchev–Trinajstić information content (AvgIpc) is 2.81. The smallest absolute Gasteiger partial charge is 0.151 e. The van der Waals surface area contributed by atoms with Crippen molar-refractivity contribution in [2.45, 2.75) is 58.0 Å². The maximum Gasteiger partial charge on any atom is 0.151 e. The Kier molecular flexibility index (Phi) is 3.95. The Morgan fingerprint density at radius 1 is 1.16 bits per heavy atom. The summed E-state index contributed by atoms with van der Waals surface area (Å²) in [7, 11) is 0. The van der Waals surface area contributed by atoms with Crippen LogP contribution in [0.25, 0.3) is 0 Å². The lowest BCUT2D eigenvalue weighted by atomic mass is 9.73. The number of likely N-dealkylation sites (tertiary alicyclic amines) is 1. The summed E-state index contributed by atoms with van der Waals surface area (Å²) in [6.07, 6.45) is 5.67. The quantitative estimate of drug-likeness (QED) is 0.760. The van der Waals surface area contributed by atoms with Crippen LogP contribution in [0.2, 0.25) is 0 Å². The summed E-state index contributed by atoms with van der Waals surface area (Å²) < 4.78 is 0. The highest BCUT2D eigenvalue weighted by molar-refractivity contribution is 5.85. The number of ketones is 1. The minimum atomic E-state index is 0.216. The van der Waals surface area contributed by atoms with Crippen LogP contribution in [0.15, 0.2) is 0 Å². The lowest BCUT2D eigenvalue weighted by Gasteiger charge is -2.49. The van der Waals surface area contributed by atoms with Gasteiger partial charge in [0.05, 0.1) is 6.04 Å². The Balaban J connectivity index is 1.82. The van der Waals surface area contributed by atoms with E-state index in [9.17, 15) is 4.79 Å². The molecular weight excluding hydrogens is 236 g/mol. The maximum absolute atomic E-state index is 12.6. The van der Waals surface area contributed by atoms with Gasteiger partial charge in [0.1, 0.15) is 0 Å². The molecule has 3 atom stereocenters. The van der Waals surface area contributed by atoms with Crippen LogP contribution in [0, 0.1) is 11.8 Å². The number of hydrogen-bond acceptors (Lipinski definition) is 3. The summed E-state index contributed by atoms with van der Waals surface area (Å²) in [4.78, 5) is 17.7. The number of carbonyl (C=O) groups excluding carboxylic acids is 1. The summed E-state index contributed by atoms with van der Waals surface area (Å²) in [5, 5.41) is 0. The van der Waals surface area contributed by atoms with E-state index in [1.165, 1.54) is 38.9 Å². The highest BCUT2D eigenvalue weighted by Crippen LogP contribution is 2.44. The zero-order valence-corrected chi connectivity index (χ0v) is 12.5. The summed E-state index contributed by atoms with van der Waals surface area (Å²) >= 11 is 0. The van der Waals surface area contributed by atoms with Gasteiger partial charge in [-0.2, -0.15) is 0 Å². The largest absolute Gasteiger partial charge is 0.298 e. The van der Waals surface area contributed by atoms with E-state index in [2.05, 4.69) is 23.6 Å². The van der Waals surface area contributed by atoms with Gasteiger partial charge >= 0.3 is 0 Å². The van der Waals surface area contributed by atoms with Crippen molar-refractivity contribution in [3.8, 4) is 0 Å². The molecule has 4 saturated heterocycles. The van der Waals surface area contributed by atoms with Crippen LogP contribution in [0.5, 0.6) is 0 Å². The van der Waals surface area contributed by atoms with E-state index in [-0.39, 0.29) is 6.04 Å². The van der Waals surface area contributed by atoms with E-state index in [4.69, 9.17) is 0 Å². The van der Waals surface area contributed by atoms with Gasteiger partial charge < -0.3 is 0 Å². The third-order valence-electron chi connectivity index (χ3n) is 5.54. The van der Waals surface area contributed by atoms with Gasteiger partial charge in [-0.1, -0.05) is 13.8 Å². The Hall–Kier alpha value is -0.410. The van der Waals surface area contributed by atoms with E-state index in [0.717, 1.165) is 31.2 Å². The molecule has 4 heterocycles. The number of piperidine rings is 3. The van der Waals surface area contributed by atoms with Crippen molar-refractivity contribution < 1.29 is 4.79 Å². The zero-order valence-electron chi connectivity index (χ0n) is 12.5. The number of fused-ring (bicyclic) bond motifs is 2. The molecular formula is C16H28N2O. The van der Waals surface area contributed by atoms with Crippen LogP contribution in [-0.4, -0.2) is 53.8 Å². The number of hydrogen-bond donors (Lipinski definition) is 0. The van der Waals surface area contributed by atoms with E-state index in [0.29, 0.717) is 11.8 Å². The molecule has 108 valence electrons. The molecule has 3 nitrogen and oxygen atoms in total. The number of carbonyl (C=O) groups is 1. The Morgan fingerprint density at radius 3 is 2.53 bits per heavy atom. The molecule has 19 heavy (non-hydrogen) atoms. The zero-order chi connectivity index (χ0) is 13.4. The van der Waals surface area contributed by atoms with Gasteiger partial charge in [-0.05, 0) is 57.2 Å². The minimum absolute atomic E-state index is 0.216. The summed E-state index contributed by atoms with van der Waals surface area (Å²) in [6.45, 7) is 9.12. The molecule has 0 aliphatic carbocycles. The predicted octanol–water partition coefficient (Wildman–Crippen LogP) is 2.16. The Morgan fingerprint density at radius 2 is 1.89 bits per heavy atom. The van der Waals surface area contributed by atoms with Crippen LogP contribution < -0.4 is 0 Å². The Labute approximate surface area is 117 Å². The molecule has 0 amide bonds. The molecule has 4 aliphatic rings. The van der Waals surface area contributed by atoms with Crippen molar-refractivity contribution in [3.05, 3.63) is 0 Å². The third-order valence-corrected chi connectivity index (χ3v) is 5.54. The van der Waals surface area contributed by atoms with Crippen LogP contribution in [0.3, 0.4) is 0 Å². The second-order valence-electron chi connectivity index (χ2n) is 6.68. The summed E-state index contributed by atoms with van der Waals surface area (Å²) in [5.74, 6) is 2.18. The second kappa shape index (κ2) is 5.53. The first-order valence-electron chi connectivity index (χ1n) is 8.27. The van der Waals surface area contributed by atoms with Gasteiger partial charge in [-0.3, -0.25) is 14.6 Å². The molecule has 0 N–H and O–H groups in total. The Bertz CT molecular complexity index is 336. The molecule has 4 fully saturated rings. The van der Waals surface area contributed by atoms with Crippen LogP contribution in [0.4, 0.5) is 0 Å². The first kappa shape index (κ1) is 13.6. The molecule has 3 unspecified atom stereocenters. The third kappa shape index (κ3) is 2.25. The van der Waals surface area contributed by atoms with Crippen molar-refractivity contribution in [1.82, 2.24) is 9.80 Å². The van der Waals surface area contributed by atoms with E-state index >= 15 is 0 Å². The van der Waals surface area contributed by atoms with Gasteiger partial charge in [0, 0.05) is 19.0 Å². The fourth-order valence-electron chi connectivity index (χ4n) is 4.79. The maximum atomic E-state index is 12.6. The fourth-order valence-corrected chi connectivity index (χ4v) is 4.79. The van der Waals surface area contributed by atoms with E-state index < -0.39 is 0 Å². The second-order valence-corrected chi connectivity index (χ2v) is 6.68. The molecule has 4 aliphatic heterocycles. The first-order valence-corrected chi connectivity index (χ1v) is 8.27. The van der Waals surface area contributed by atoms with Crippen molar-refractivity contribution in [3.63, 3.8) is 0 Å². The molecule has 4 rings (SSSR count). The standard InChI is InChI=1S/C16H28N2O/c1-3-5-14(19)16-15-13(11-18(16)8-4-2)12-6-9-17(15)10-7-12/h12-13,15-16H,3-11H2,1-2H3. The van der Waals surface area contributed by atoms with E-state index in [1.54, 1.807) is 0 Å². The highest BCUT2D eigenvalue weighted by Gasteiger charge is 2.53. The first-order chi connectivity index (χ1) is 9.26. The number of nitrogens with zero attached hydrogens (tertiary/aromatic N) is 2. The molecule has 0 radical (unpaired) electrons. The monoisotopic (exact) mass is 264 g/mol. The van der Waals surface area contributed by atoms with Crippen LogP contribution in [-0.2, 0) is 4.79 Å². The topological polar surface area (TPSA) is 23.6 Å². The van der Waals surface area contributed by atoms with Gasteiger partial charge in [-0.25, -0.2) is 0 Å². The van der Waals surface area contributed by atoms with Crippen molar-refractivity contribution in [2.24, 2.45) is 11.8 Å².